The summed E-state index contributed by atoms with van der Waals surface area (Å²) in [5.41, 5.74) is 5.95. The summed E-state index contributed by atoms with van der Waals surface area (Å²) in [6.07, 6.45) is 5.91. The molecule has 0 saturated carbocycles. The summed E-state index contributed by atoms with van der Waals surface area (Å²) in [5, 5.41) is 0. The second-order valence-corrected chi connectivity index (χ2v) is 6.77. The lowest BCUT2D eigenvalue weighted by Gasteiger charge is -2.40. The van der Waals surface area contributed by atoms with Crippen LogP contribution in [0.15, 0.2) is 29.2 Å². The molecule has 0 spiro atoms. The quantitative estimate of drug-likeness (QED) is 0.832. The highest BCUT2D eigenvalue weighted by molar-refractivity contribution is 8.02. The number of nitrogens with zero attached hydrogens (tertiary/aromatic N) is 2. The average molecular weight is 311 g/mol. The molecule has 0 aromatic carbocycles. The highest BCUT2D eigenvalue weighted by Gasteiger charge is 2.36. The van der Waals surface area contributed by atoms with Crippen molar-refractivity contribution in [2.75, 3.05) is 25.9 Å². The number of thiocarbonyl (C=S) groups is 1. The first-order valence-electron chi connectivity index (χ1n) is 6.80. The average Bonchev–Trinajstić information content (AvgIpc) is 2.47. The SMILES string of the molecule is CSC1(C(N)=S)CCN(CCn2ccccc2=O)CC1. The normalized spacial score (nSPS) is 18.9. The minimum absolute atomic E-state index is 0.0323. The maximum Gasteiger partial charge on any atom is 0.250 e. The van der Waals surface area contributed by atoms with Crippen LogP contribution in [0.25, 0.3) is 0 Å². The maximum atomic E-state index is 11.6. The summed E-state index contributed by atoms with van der Waals surface area (Å²) in [6, 6.07) is 5.26. The summed E-state index contributed by atoms with van der Waals surface area (Å²) >= 11 is 6.99. The van der Waals surface area contributed by atoms with Gasteiger partial charge in [-0.3, -0.25) is 4.79 Å². The van der Waals surface area contributed by atoms with Crippen molar-refractivity contribution in [3.63, 3.8) is 0 Å². The van der Waals surface area contributed by atoms with Gasteiger partial charge < -0.3 is 15.2 Å². The minimum Gasteiger partial charge on any atom is -0.392 e. The van der Waals surface area contributed by atoms with E-state index < -0.39 is 0 Å². The molecule has 20 heavy (non-hydrogen) atoms. The first-order valence-corrected chi connectivity index (χ1v) is 8.43. The number of nitrogens with two attached hydrogens (primary N) is 1. The van der Waals surface area contributed by atoms with Crippen LogP contribution in [0, 0.1) is 0 Å². The fourth-order valence-corrected chi connectivity index (χ4v) is 3.83. The molecule has 1 saturated heterocycles. The standard InChI is InChI=1S/C14H21N3OS2/c1-20-14(13(15)19)5-8-16(9-6-14)10-11-17-7-3-2-4-12(17)18/h2-4,7H,5-6,8-11H2,1H3,(H2,15,19). The minimum atomic E-state index is -0.0323. The predicted molar refractivity (Wildman–Crippen MR) is 89.4 cm³/mol. The van der Waals surface area contributed by atoms with E-state index >= 15 is 0 Å². The van der Waals surface area contributed by atoms with Gasteiger partial charge in [0.05, 0.1) is 9.74 Å². The van der Waals surface area contributed by atoms with Gasteiger partial charge in [0.15, 0.2) is 0 Å². The van der Waals surface area contributed by atoms with Crippen molar-refractivity contribution < 1.29 is 0 Å². The Balaban J connectivity index is 1.88. The zero-order valence-electron chi connectivity index (χ0n) is 11.7. The summed E-state index contributed by atoms with van der Waals surface area (Å²) in [6.45, 7) is 3.60. The molecule has 1 aromatic heterocycles. The van der Waals surface area contributed by atoms with Gasteiger partial charge in [0, 0.05) is 25.4 Å². The van der Waals surface area contributed by atoms with Crippen LogP contribution in [-0.4, -0.2) is 45.1 Å². The fraction of sp³-hybridized carbons (Fsp3) is 0.571. The van der Waals surface area contributed by atoms with Crippen molar-refractivity contribution in [3.05, 3.63) is 34.7 Å². The van der Waals surface area contributed by atoms with Crippen LogP contribution in [0.2, 0.25) is 0 Å². The Morgan fingerprint density at radius 3 is 2.65 bits per heavy atom. The number of pyridine rings is 1. The smallest absolute Gasteiger partial charge is 0.250 e. The molecular weight excluding hydrogens is 290 g/mol. The highest BCUT2D eigenvalue weighted by atomic mass is 32.2. The first kappa shape index (κ1) is 15.5. The molecule has 1 fully saturated rings. The van der Waals surface area contributed by atoms with Gasteiger partial charge in [0.25, 0.3) is 5.56 Å². The van der Waals surface area contributed by atoms with E-state index in [0.717, 1.165) is 39.0 Å². The van der Waals surface area contributed by atoms with E-state index in [2.05, 4.69) is 11.2 Å². The molecule has 1 aliphatic rings. The maximum absolute atomic E-state index is 11.6. The van der Waals surface area contributed by atoms with Crippen LogP contribution in [-0.2, 0) is 6.54 Å². The zero-order chi connectivity index (χ0) is 14.6. The van der Waals surface area contributed by atoms with E-state index in [1.807, 2.05) is 12.3 Å². The summed E-state index contributed by atoms with van der Waals surface area (Å²) in [4.78, 5) is 14.6. The van der Waals surface area contributed by atoms with E-state index in [9.17, 15) is 4.79 Å². The molecule has 2 rings (SSSR count). The lowest BCUT2D eigenvalue weighted by atomic mass is 9.95. The van der Waals surface area contributed by atoms with Crippen molar-refractivity contribution in [1.82, 2.24) is 9.47 Å². The molecule has 2 N–H and O–H groups in total. The van der Waals surface area contributed by atoms with Gasteiger partial charge in [0.2, 0.25) is 0 Å². The molecule has 0 atom stereocenters. The molecule has 0 unspecified atom stereocenters. The van der Waals surface area contributed by atoms with Gasteiger partial charge in [-0.05, 0) is 38.3 Å². The van der Waals surface area contributed by atoms with Crippen molar-refractivity contribution >= 4 is 29.0 Å². The third-order valence-corrected chi connectivity index (χ3v) is 5.99. The van der Waals surface area contributed by atoms with Crippen LogP contribution in [0.1, 0.15) is 12.8 Å². The number of hydrogen-bond acceptors (Lipinski definition) is 4. The first-order chi connectivity index (χ1) is 9.57. The van der Waals surface area contributed by atoms with Crippen molar-refractivity contribution in [2.24, 2.45) is 5.73 Å². The third-order valence-electron chi connectivity index (χ3n) is 4.06. The highest BCUT2D eigenvalue weighted by Crippen LogP contribution is 2.34. The number of likely N-dealkylation sites (tertiary alicyclic amines) is 1. The fourth-order valence-electron chi connectivity index (χ4n) is 2.58. The van der Waals surface area contributed by atoms with Gasteiger partial charge >= 0.3 is 0 Å². The Morgan fingerprint density at radius 2 is 2.10 bits per heavy atom. The Morgan fingerprint density at radius 1 is 1.40 bits per heavy atom. The number of thioether (sulfide) groups is 1. The summed E-state index contributed by atoms with van der Waals surface area (Å²) < 4.78 is 1.72. The van der Waals surface area contributed by atoms with E-state index in [4.69, 9.17) is 18.0 Å². The van der Waals surface area contributed by atoms with Crippen LogP contribution in [0.4, 0.5) is 0 Å². The van der Waals surface area contributed by atoms with Gasteiger partial charge in [0.1, 0.15) is 0 Å². The summed E-state index contributed by atoms with van der Waals surface area (Å²) in [5.74, 6) is 0. The van der Waals surface area contributed by atoms with Crippen LogP contribution < -0.4 is 11.3 Å². The Hall–Kier alpha value is -0.850. The van der Waals surface area contributed by atoms with Crippen molar-refractivity contribution in [2.45, 2.75) is 24.1 Å². The largest absolute Gasteiger partial charge is 0.392 e. The molecule has 2 heterocycles. The van der Waals surface area contributed by atoms with E-state index in [-0.39, 0.29) is 10.3 Å². The second-order valence-electron chi connectivity index (χ2n) is 5.14. The van der Waals surface area contributed by atoms with E-state index in [1.165, 1.54) is 0 Å². The lowest BCUT2D eigenvalue weighted by Crippen LogP contribution is -2.49. The zero-order valence-corrected chi connectivity index (χ0v) is 13.4. The van der Waals surface area contributed by atoms with Gasteiger partial charge in [-0.15, -0.1) is 0 Å². The van der Waals surface area contributed by atoms with Crippen molar-refractivity contribution in [1.29, 1.82) is 0 Å². The molecule has 110 valence electrons. The number of aromatic nitrogens is 1. The molecule has 0 radical (unpaired) electrons. The van der Waals surface area contributed by atoms with Crippen LogP contribution in [0.3, 0.4) is 0 Å². The molecule has 1 aromatic rings. The Labute approximate surface area is 129 Å². The topological polar surface area (TPSA) is 51.3 Å². The van der Waals surface area contributed by atoms with Gasteiger partial charge in [-0.25, -0.2) is 0 Å². The van der Waals surface area contributed by atoms with Gasteiger partial charge in [-0.1, -0.05) is 18.3 Å². The Bertz CT molecular complexity index is 521. The Kier molecular flexibility index (Phi) is 5.23. The van der Waals surface area contributed by atoms with E-state index in [1.54, 1.807) is 28.5 Å². The van der Waals surface area contributed by atoms with Crippen LogP contribution >= 0.6 is 24.0 Å². The second kappa shape index (κ2) is 6.74. The van der Waals surface area contributed by atoms with Crippen molar-refractivity contribution in [3.8, 4) is 0 Å². The predicted octanol–water partition coefficient (Wildman–Crippen LogP) is 1.33. The lowest BCUT2D eigenvalue weighted by molar-refractivity contribution is 0.212. The molecule has 0 aliphatic carbocycles. The van der Waals surface area contributed by atoms with Gasteiger partial charge in [-0.2, -0.15) is 11.8 Å². The molecule has 4 nitrogen and oxygen atoms in total. The number of rotatable bonds is 5. The summed E-state index contributed by atoms with van der Waals surface area (Å²) in [7, 11) is 0. The number of hydrogen-bond donors (Lipinski definition) is 1. The molecular formula is C14H21N3OS2. The van der Waals surface area contributed by atoms with E-state index in [0.29, 0.717) is 4.99 Å². The molecule has 0 amide bonds. The number of piperidine rings is 1. The molecule has 1 aliphatic heterocycles. The van der Waals surface area contributed by atoms with Crippen LogP contribution in [0.5, 0.6) is 0 Å². The molecule has 6 heteroatoms. The third kappa shape index (κ3) is 3.42. The molecule has 0 bridgehead atoms. The monoisotopic (exact) mass is 311 g/mol.